The van der Waals surface area contributed by atoms with Crippen LogP contribution in [0.5, 0.6) is 5.75 Å². The largest absolute Gasteiger partial charge is 0.492 e. The smallest absolute Gasteiger partial charge is 0.314 e. The van der Waals surface area contributed by atoms with E-state index in [1.54, 1.807) is 18.2 Å². The zero-order valence-electron chi connectivity index (χ0n) is 13.4. The van der Waals surface area contributed by atoms with Crippen molar-refractivity contribution < 1.29 is 14.3 Å². The molecule has 21 heavy (non-hydrogen) atoms. The fraction of sp³-hybridized carbons (Fsp3) is 0.500. The number of hydrogen-bond donors (Lipinski definition) is 1. The molecular weight excluding hydrogens is 268 g/mol. The van der Waals surface area contributed by atoms with Gasteiger partial charge in [0.2, 0.25) is 0 Å². The highest BCUT2D eigenvalue weighted by Crippen LogP contribution is 2.24. The van der Waals surface area contributed by atoms with Gasteiger partial charge in [0.05, 0.1) is 12.3 Å². The first-order valence-corrected chi connectivity index (χ1v) is 7.16. The lowest BCUT2D eigenvalue weighted by Gasteiger charge is -2.34. The van der Waals surface area contributed by atoms with Gasteiger partial charge in [0.1, 0.15) is 5.75 Å². The van der Waals surface area contributed by atoms with Crippen LogP contribution in [0.25, 0.3) is 0 Å². The molecule has 116 valence electrons. The molecule has 0 aliphatic rings. The maximum Gasteiger partial charge on any atom is 0.314 e. The number of nitrogens with zero attached hydrogens (tertiary/aromatic N) is 1. The molecular formula is C16H24N2O3. The first kappa shape index (κ1) is 17.0. The van der Waals surface area contributed by atoms with E-state index < -0.39 is 17.4 Å². The number of rotatable bonds is 4. The molecule has 0 radical (unpaired) electrons. The summed E-state index contributed by atoms with van der Waals surface area (Å²) in [5.41, 5.74) is 0.102. The molecule has 0 bridgehead atoms. The van der Waals surface area contributed by atoms with E-state index in [0.29, 0.717) is 24.6 Å². The van der Waals surface area contributed by atoms with E-state index in [9.17, 15) is 9.59 Å². The van der Waals surface area contributed by atoms with Gasteiger partial charge in [0.15, 0.2) is 0 Å². The van der Waals surface area contributed by atoms with Gasteiger partial charge in [-0.25, -0.2) is 0 Å². The molecule has 1 N–H and O–H groups in total. The van der Waals surface area contributed by atoms with Crippen molar-refractivity contribution in [1.82, 2.24) is 4.90 Å². The second-order valence-electron chi connectivity index (χ2n) is 5.60. The summed E-state index contributed by atoms with van der Waals surface area (Å²) in [7, 11) is 0. The highest BCUT2D eigenvalue weighted by molar-refractivity contribution is 6.39. The second kappa shape index (κ2) is 7.11. The number of nitrogens with one attached hydrogen (secondary N) is 1. The SMILES string of the molecule is CCOc1ccccc1NC(=O)C(=O)N(CC)C(C)(C)C. The van der Waals surface area contributed by atoms with E-state index in [1.807, 2.05) is 40.7 Å². The number of anilines is 1. The predicted molar refractivity (Wildman–Crippen MR) is 83.4 cm³/mol. The Balaban J connectivity index is 2.88. The summed E-state index contributed by atoms with van der Waals surface area (Å²) in [6, 6.07) is 7.06. The van der Waals surface area contributed by atoms with Gasteiger partial charge < -0.3 is 15.0 Å². The quantitative estimate of drug-likeness (QED) is 0.868. The maximum atomic E-state index is 12.3. The summed E-state index contributed by atoms with van der Waals surface area (Å²) in [6.07, 6.45) is 0. The normalized spacial score (nSPS) is 10.9. The van der Waals surface area contributed by atoms with Crippen LogP contribution in [0.1, 0.15) is 34.6 Å². The Hall–Kier alpha value is -2.04. The Bertz CT molecular complexity index is 506. The standard InChI is InChI=1S/C16H24N2O3/c1-6-18(16(3,4)5)15(20)14(19)17-12-10-8-9-11-13(12)21-7-2/h8-11H,6-7H2,1-5H3,(H,17,19). The highest BCUT2D eigenvalue weighted by atomic mass is 16.5. The summed E-state index contributed by atoms with van der Waals surface area (Å²) < 4.78 is 5.43. The van der Waals surface area contributed by atoms with Crippen molar-refractivity contribution in [2.75, 3.05) is 18.5 Å². The summed E-state index contributed by atoms with van der Waals surface area (Å²) >= 11 is 0. The van der Waals surface area contributed by atoms with Crippen molar-refractivity contribution in [3.63, 3.8) is 0 Å². The molecule has 0 aliphatic heterocycles. The molecule has 0 atom stereocenters. The first-order chi connectivity index (χ1) is 9.81. The van der Waals surface area contributed by atoms with Crippen LogP contribution in [0.3, 0.4) is 0 Å². The van der Waals surface area contributed by atoms with Crippen LogP contribution in [0.4, 0.5) is 5.69 Å². The van der Waals surface area contributed by atoms with Crippen molar-refractivity contribution in [2.45, 2.75) is 40.2 Å². The summed E-state index contributed by atoms with van der Waals surface area (Å²) in [4.78, 5) is 26.0. The predicted octanol–water partition coefficient (Wildman–Crippen LogP) is 2.67. The molecule has 0 aliphatic carbocycles. The monoisotopic (exact) mass is 292 g/mol. The van der Waals surface area contributed by atoms with Crippen LogP contribution in [-0.4, -0.2) is 35.4 Å². The molecule has 5 nitrogen and oxygen atoms in total. The minimum Gasteiger partial charge on any atom is -0.492 e. The Morgan fingerprint density at radius 2 is 1.81 bits per heavy atom. The van der Waals surface area contributed by atoms with Gasteiger partial charge in [-0.05, 0) is 46.8 Å². The molecule has 1 aromatic rings. The highest BCUT2D eigenvalue weighted by Gasteiger charge is 2.29. The van der Waals surface area contributed by atoms with E-state index in [2.05, 4.69) is 5.32 Å². The topological polar surface area (TPSA) is 58.6 Å². The van der Waals surface area contributed by atoms with Crippen LogP contribution < -0.4 is 10.1 Å². The number of para-hydroxylation sites is 2. The Labute approximate surface area is 126 Å². The lowest BCUT2D eigenvalue weighted by atomic mass is 10.1. The van der Waals surface area contributed by atoms with E-state index in [-0.39, 0.29) is 0 Å². The summed E-state index contributed by atoms with van der Waals surface area (Å²) in [6.45, 7) is 10.4. The molecule has 0 spiro atoms. The van der Waals surface area contributed by atoms with Crippen LogP contribution in [0.2, 0.25) is 0 Å². The number of hydrogen-bond acceptors (Lipinski definition) is 3. The van der Waals surface area contributed by atoms with Crippen LogP contribution in [-0.2, 0) is 9.59 Å². The molecule has 0 unspecified atom stereocenters. The molecule has 0 heterocycles. The average molecular weight is 292 g/mol. The number of likely N-dealkylation sites (N-methyl/N-ethyl adjacent to an activating group) is 1. The lowest BCUT2D eigenvalue weighted by Crippen LogP contribution is -2.49. The van der Waals surface area contributed by atoms with E-state index in [1.165, 1.54) is 4.90 Å². The fourth-order valence-electron chi connectivity index (χ4n) is 2.07. The van der Waals surface area contributed by atoms with Crippen molar-refractivity contribution in [1.29, 1.82) is 0 Å². The number of ether oxygens (including phenoxy) is 1. The van der Waals surface area contributed by atoms with Crippen LogP contribution in [0.15, 0.2) is 24.3 Å². The van der Waals surface area contributed by atoms with Crippen LogP contribution in [0, 0.1) is 0 Å². The van der Waals surface area contributed by atoms with Gasteiger partial charge in [0, 0.05) is 12.1 Å². The summed E-state index contributed by atoms with van der Waals surface area (Å²) in [5.74, 6) is -0.643. The molecule has 1 rings (SSSR count). The molecule has 0 fully saturated rings. The van der Waals surface area contributed by atoms with Crippen molar-refractivity contribution in [2.24, 2.45) is 0 Å². The molecule has 1 aromatic carbocycles. The third-order valence-electron chi connectivity index (χ3n) is 3.00. The third kappa shape index (κ3) is 4.48. The molecule has 0 saturated heterocycles. The average Bonchev–Trinajstić information content (AvgIpc) is 2.40. The zero-order valence-corrected chi connectivity index (χ0v) is 13.4. The molecule has 0 saturated carbocycles. The maximum absolute atomic E-state index is 12.3. The van der Waals surface area contributed by atoms with E-state index in [0.717, 1.165) is 0 Å². The van der Waals surface area contributed by atoms with E-state index in [4.69, 9.17) is 4.74 Å². The fourth-order valence-corrected chi connectivity index (χ4v) is 2.07. The number of carbonyl (C=O) groups excluding carboxylic acids is 2. The van der Waals surface area contributed by atoms with Gasteiger partial charge in [-0.1, -0.05) is 12.1 Å². The van der Waals surface area contributed by atoms with Crippen LogP contribution >= 0.6 is 0 Å². The van der Waals surface area contributed by atoms with Crippen molar-refractivity contribution in [3.05, 3.63) is 24.3 Å². The van der Waals surface area contributed by atoms with Gasteiger partial charge in [0.25, 0.3) is 0 Å². The van der Waals surface area contributed by atoms with Gasteiger partial charge >= 0.3 is 11.8 Å². The number of benzene rings is 1. The first-order valence-electron chi connectivity index (χ1n) is 7.16. The molecule has 2 amide bonds. The van der Waals surface area contributed by atoms with E-state index >= 15 is 0 Å². The number of carbonyl (C=O) groups is 2. The zero-order chi connectivity index (χ0) is 16.0. The molecule has 0 aromatic heterocycles. The van der Waals surface area contributed by atoms with Gasteiger partial charge in [-0.2, -0.15) is 0 Å². The second-order valence-corrected chi connectivity index (χ2v) is 5.60. The number of amides is 2. The Kier molecular flexibility index (Phi) is 5.76. The van der Waals surface area contributed by atoms with Gasteiger partial charge in [-0.3, -0.25) is 9.59 Å². The Morgan fingerprint density at radius 3 is 2.33 bits per heavy atom. The lowest BCUT2D eigenvalue weighted by molar-refractivity contribution is -0.146. The van der Waals surface area contributed by atoms with Crippen molar-refractivity contribution >= 4 is 17.5 Å². The minimum atomic E-state index is -0.654. The molecule has 5 heteroatoms. The van der Waals surface area contributed by atoms with Crippen molar-refractivity contribution in [3.8, 4) is 5.75 Å². The third-order valence-corrected chi connectivity index (χ3v) is 3.00. The summed E-state index contributed by atoms with van der Waals surface area (Å²) in [5, 5.41) is 2.63. The van der Waals surface area contributed by atoms with Gasteiger partial charge in [-0.15, -0.1) is 0 Å². The Morgan fingerprint density at radius 1 is 1.19 bits per heavy atom. The minimum absolute atomic E-state index is 0.400.